The van der Waals surface area contributed by atoms with Crippen LogP contribution < -0.4 is 0 Å². The van der Waals surface area contributed by atoms with Gasteiger partial charge in [-0.3, -0.25) is 0 Å². The summed E-state index contributed by atoms with van der Waals surface area (Å²) in [7, 11) is -2.10. The monoisotopic (exact) mass is 504 g/mol. The number of rotatable bonds is 6. The number of hydrogen-bond acceptors (Lipinski definition) is 5. The fraction of sp³-hybridized carbons (Fsp3) is 0.655. The highest BCUT2D eigenvalue weighted by Crippen LogP contribution is 2.57. The molecule has 0 aromatic carbocycles. The van der Waals surface area contributed by atoms with Gasteiger partial charge in [-0.25, -0.2) is 8.42 Å². The number of allylic oxidation sites excluding steroid dienone is 6. The first-order valence-electron chi connectivity index (χ1n) is 12.9. The smallest absolute Gasteiger partial charge is 0.215 e. The van der Waals surface area contributed by atoms with Crippen molar-refractivity contribution in [1.82, 2.24) is 0 Å². The fourth-order valence-electron chi connectivity index (χ4n) is 6.09. The van der Waals surface area contributed by atoms with Crippen LogP contribution in [0.3, 0.4) is 0 Å². The number of aliphatic hydroxyl groups is 2. The van der Waals surface area contributed by atoms with Gasteiger partial charge in [-0.15, -0.1) is 0 Å². The molecule has 0 heterocycles. The predicted molar refractivity (Wildman–Crippen MR) is 142 cm³/mol. The maximum absolute atomic E-state index is 12.9. The molecular formula is C29H44O5S. The molecule has 2 N–H and O–H groups in total. The summed E-state index contributed by atoms with van der Waals surface area (Å²) in [6.45, 7) is 13.7. The molecule has 3 aliphatic carbocycles. The Hall–Kier alpha value is -1.63. The van der Waals surface area contributed by atoms with Crippen molar-refractivity contribution in [2.75, 3.05) is 7.11 Å². The third-order valence-electron chi connectivity index (χ3n) is 8.32. The van der Waals surface area contributed by atoms with Crippen molar-refractivity contribution in [3.05, 3.63) is 58.3 Å². The van der Waals surface area contributed by atoms with Gasteiger partial charge in [0, 0.05) is 6.42 Å². The zero-order valence-corrected chi connectivity index (χ0v) is 23.1. The van der Waals surface area contributed by atoms with E-state index in [9.17, 15) is 18.6 Å². The number of ether oxygens (including phenoxy) is 1. The lowest BCUT2D eigenvalue weighted by molar-refractivity contribution is 0.0862. The van der Waals surface area contributed by atoms with Crippen LogP contribution in [0.15, 0.2) is 58.3 Å². The van der Waals surface area contributed by atoms with Gasteiger partial charge in [-0.05, 0) is 93.8 Å². The third kappa shape index (κ3) is 5.55. The van der Waals surface area contributed by atoms with Gasteiger partial charge in [0.05, 0.1) is 24.1 Å². The van der Waals surface area contributed by atoms with Crippen molar-refractivity contribution in [3.63, 3.8) is 0 Å². The first-order valence-corrected chi connectivity index (χ1v) is 14.3. The summed E-state index contributed by atoms with van der Waals surface area (Å²) in [6, 6.07) is 0. The van der Waals surface area contributed by atoms with E-state index in [0.717, 1.165) is 36.8 Å². The van der Waals surface area contributed by atoms with E-state index in [2.05, 4.69) is 38.7 Å². The van der Waals surface area contributed by atoms with Gasteiger partial charge in [0.1, 0.15) is 0 Å². The minimum absolute atomic E-state index is 0.0502. The topological polar surface area (TPSA) is 83.8 Å². The first kappa shape index (κ1) is 27.9. The first-order chi connectivity index (χ1) is 16.2. The van der Waals surface area contributed by atoms with Gasteiger partial charge in [-0.1, -0.05) is 49.8 Å². The lowest BCUT2D eigenvalue weighted by Gasteiger charge is -2.42. The van der Waals surface area contributed by atoms with Crippen LogP contribution in [0, 0.1) is 17.3 Å². The predicted octanol–water partition coefficient (Wildman–Crippen LogP) is 5.77. The van der Waals surface area contributed by atoms with Crippen LogP contribution in [-0.4, -0.2) is 42.7 Å². The average molecular weight is 505 g/mol. The van der Waals surface area contributed by atoms with E-state index in [1.165, 1.54) is 18.3 Å². The van der Waals surface area contributed by atoms with E-state index in [1.54, 1.807) is 26.8 Å². The van der Waals surface area contributed by atoms with E-state index in [0.29, 0.717) is 25.2 Å². The van der Waals surface area contributed by atoms with Crippen LogP contribution in [0.5, 0.6) is 0 Å². The molecule has 0 saturated heterocycles. The second kappa shape index (κ2) is 10.4. The molecule has 35 heavy (non-hydrogen) atoms. The molecule has 196 valence electrons. The van der Waals surface area contributed by atoms with E-state index in [-0.39, 0.29) is 16.4 Å². The molecule has 2 fully saturated rings. The van der Waals surface area contributed by atoms with Crippen LogP contribution in [-0.2, 0) is 14.6 Å². The summed E-state index contributed by atoms with van der Waals surface area (Å²) in [5, 5.41) is 20.3. The highest BCUT2D eigenvalue weighted by atomic mass is 32.2. The lowest BCUT2D eigenvalue weighted by atomic mass is 9.62. The highest BCUT2D eigenvalue weighted by Gasteiger charge is 2.46. The largest absolute Gasteiger partial charge is 0.487 e. The van der Waals surface area contributed by atoms with E-state index >= 15 is 0 Å². The Morgan fingerprint density at radius 3 is 2.63 bits per heavy atom. The number of sulfone groups is 1. The molecule has 0 unspecified atom stereocenters. The van der Waals surface area contributed by atoms with Gasteiger partial charge >= 0.3 is 0 Å². The van der Waals surface area contributed by atoms with Crippen LogP contribution in [0.2, 0.25) is 0 Å². The van der Waals surface area contributed by atoms with Gasteiger partial charge in [0.15, 0.2) is 0 Å². The molecule has 0 amide bonds. The molecule has 3 rings (SSSR count). The molecule has 0 bridgehead atoms. The van der Waals surface area contributed by atoms with Crippen molar-refractivity contribution < 1.29 is 23.4 Å². The Morgan fingerprint density at radius 2 is 2.00 bits per heavy atom. The van der Waals surface area contributed by atoms with E-state index in [1.807, 2.05) is 0 Å². The molecule has 6 heteroatoms. The molecule has 2 saturated carbocycles. The number of methoxy groups -OCH3 is 1. The minimum Gasteiger partial charge on any atom is -0.487 e. The molecule has 0 spiro atoms. The summed E-state index contributed by atoms with van der Waals surface area (Å²) < 4.78 is 30.1. The molecular weight excluding hydrogens is 460 g/mol. The maximum atomic E-state index is 12.9. The van der Waals surface area contributed by atoms with Crippen LogP contribution in [0.25, 0.3) is 0 Å². The molecule has 5 nitrogen and oxygen atoms in total. The normalized spacial score (nSPS) is 33.6. The van der Waals surface area contributed by atoms with Gasteiger partial charge in [0.2, 0.25) is 14.9 Å². The second-order valence-corrected chi connectivity index (χ2v) is 14.4. The summed E-state index contributed by atoms with van der Waals surface area (Å²) in [6.07, 6.45) is 12.9. The fourth-order valence-corrected chi connectivity index (χ4v) is 7.22. The van der Waals surface area contributed by atoms with Gasteiger partial charge in [0.25, 0.3) is 0 Å². The molecule has 0 aliphatic heterocycles. The Balaban J connectivity index is 1.79. The SMILES string of the molecule is C=C1/C(=C\C=C2/CCC[C@]3(C)C([C@H](C)C/C=C(\OC)S(=O)(=O)C(C)(C)C)=CC[C@@H]23)C[C@@H](O)C[C@@H]1O. The lowest BCUT2D eigenvalue weighted by Crippen LogP contribution is -2.32. The molecule has 0 radical (unpaired) electrons. The van der Waals surface area contributed by atoms with E-state index < -0.39 is 26.8 Å². The Kier molecular flexibility index (Phi) is 8.30. The van der Waals surface area contributed by atoms with Gasteiger partial charge < -0.3 is 14.9 Å². The van der Waals surface area contributed by atoms with E-state index in [4.69, 9.17) is 4.74 Å². The Labute approximate surface area is 212 Å². The Morgan fingerprint density at radius 1 is 1.31 bits per heavy atom. The van der Waals surface area contributed by atoms with Crippen LogP contribution in [0.1, 0.15) is 79.6 Å². The minimum atomic E-state index is -3.52. The van der Waals surface area contributed by atoms with Crippen molar-refractivity contribution in [1.29, 1.82) is 0 Å². The van der Waals surface area contributed by atoms with Crippen LogP contribution >= 0.6 is 0 Å². The second-order valence-electron chi connectivity index (χ2n) is 11.8. The third-order valence-corrected chi connectivity index (χ3v) is 10.8. The summed E-state index contributed by atoms with van der Waals surface area (Å²) in [5.41, 5.74) is 4.53. The molecule has 0 aromatic heterocycles. The molecule has 5 atom stereocenters. The van der Waals surface area contributed by atoms with Gasteiger partial charge in [-0.2, -0.15) is 0 Å². The van der Waals surface area contributed by atoms with Crippen molar-refractivity contribution in [2.45, 2.75) is 96.5 Å². The summed E-state index contributed by atoms with van der Waals surface area (Å²) in [4.78, 5) is 0. The van der Waals surface area contributed by atoms with Crippen molar-refractivity contribution >= 4 is 9.84 Å². The zero-order valence-electron chi connectivity index (χ0n) is 22.3. The summed E-state index contributed by atoms with van der Waals surface area (Å²) >= 11 is 0. The number of fused-ring (bicyclic) bond motifs is 1. The standard InChI is InChI=1S/C29H44O5S/c1-19(10-15-27(34-7)35(32,33)28(3,4)5)24-13-14-25-21(9-8-16-29(24,25)6)11-12-22-17-23(30)18-26(31)20(22)2/h11-13,15,19,23,25-26,30-31H,2,8-10,14,16-18H2,1,3-7H3/b21-11+,22-12-,27-15+/t19-,23-,25+,26+,29-/m1/s1. The molecule has 3 aliphatic rings. The highest BCUT2D eigenvalue weighted by molar-refractivity contribution is 7.96. The van der Waals surface area contributed by atoms with Crippen LogP contribution in [0.4, 0.5) is 0 Å². The number of hydrogen-bond donors (Lipinski definition) is 2. The summed E-state index contributed by atoms with van der Waals surface area (Å²) in [5.74, 6) is 0.632. The average Bonchev–Trinajstić information content (AvgIpc) is 3.12. The van der Waals surface area contributed by atoms with Crippen molar-refractivity contribution in [3.8, 4) is 0 Å². The Bertz CT molecular complexity index is 1050. The number of aliphatic hydroxyl groups excluding tert-OH is 2. The zero-order chi connectivity index (χ0) is 26.2. The quantitative estimate of drug-likeness (QED) is 0.354. The molecule has 0 aromatic rings. The van der Waals surface area contributed by atoms with Crippen molar-refractivity contribution in [2.24, 2.45) is 17.3 Å². The maximum Gasteiger partial charge on any atom is 0.215 e.